The molecule has 2 amide bonds. The zero-order chi connectivity index (χ0) is 14.1. The van der Waals surface area contributed by atoms with E-state index < -0.39 is 18.5 Å². The molecule has 0 rings (SSSR count). The van der Waals surface area contributed by atoms with E-state index in [1.807, 2.05) is 6.07 Å². The van der Waals surface area contributed by atoms with Crippen molar-refractivity contribution in [1.29, 1.82) is 5.26 Å². The highest BCUT2D eigenvalue weighted by Crippen LogP contribution is 2.05. The molecule has 0 bridgehead atoms. The van der Waals surface area contributed by atoms with Gasteiger partial charge in [-0.15, -0.1) is 6.42 Å². The molecule has 0 aromatic rings. The highest BCUT2D eigenvalue weighted by molar-refractivity contribution is 5.80. The van der Waals surface area contributed by atoms with Crippen molar-refractivity contribution in [3.05, 3.63) is 0 Å². The van der Waals surface area contributed by atoms with E-state index in [2.05, 4.69) is 5.92 Å². The predicted octanol–water partition coefficient (Wildman–Crippen LogP) is 0.750. The molecule has 1 N–H and O–H groups in total. The molecule has 6 heteroatoms. The molecule has 0 radical (unpaired) electrons. The summed E-state index contributed by atoms with van der Waals surface area (Å²) in [5.41, 5.74) is 0. The molecule has 18 heavy (non-hydrogen) atoms. The predicted molar refractivity (Wildman–Crippen MR) is 65.5 cm³/mol. The van der Waals surface area contributed by atoms with E-state index in [9.17, 15) is 9.59 Å². The minimum absolute atomic E-state index is 0.0685. The number of hydrogen-bond donors (Lipinski definition) is 1. The van der Waals surface area contributed by atoms with Crippen molar-refractivity contribution >= 4 is 12.0 Å². The van der Waals surface area contributed by atoms with Gasteiger partial charge >= 0.3 is 12.0 Å². The smallest absolute Gasteiger partial charge is 0.323 e. The Labute approximate surface area is 107 Å². The minimum atomic E-state index is -1.12. The van der Waals surface area contributed by atoms with Crippen molar-refractivity contribution < 1.29 is 14.7 Å². The van der Waals surface area contributed by atoms with Crippen LogP contribution in [-0.4, -0.2) is 52.6 Å². The Hall–Kier alpha value is -2.21. The summed E-state index contributed by atoms with van der Waals surface area (Å²) in [6.07, 6.45) is 5.31. The molecule has 0 aliphatic carbocycles. The second-order valence-electron chi connectivity index (χ2n) is 3.93. The zero-order valence-corrected chi connectivity index (χ0v) is 10.6. The molecule has 0 aromatic heterocycles. The SMILES string of the molecule is C#CCN(CC(=O)O)C(=O)N(CCC#N)C(C)C. The highest BCUT2D eigenvalue weighted by Gasteiger charge is 2.23. The summed E-state index contributed by atoms with van der Waals surface area (Å²) < 4.78 is 0. The number of carbonyl (C=O) groups is 2. The third-order valence-corrected chi connectivity index (χ3v) is 2.21. The average Bonchev–Trinajstić information content (AvgIpc) is 2.27. The molecular weight excluding hydrogens is 234 g/mol. The Morgan fingerprint density at radius 2 is 2.06 bits per heavy atom. The van der Waals surface area contributed by atoms with Crippen LogP contribution >= 0.6 is 0 Å². The van der Waals surface area contributed by atoms with Gasteiger partial charge in [0.05, 0.1) is 19.0 Å². The molecule has 0 spiro atoms. The number of hydrogen-bond acceptors (Lipinski definition) is 3. The molecule has 0 unspecified atom stereocenters. The molecule has 0 aliphatic heterocycles. The first kappa shape index (κ1) is 15.8. The Morgan fingerprint density at radius 3 is 2.44 bits per heavy atom. The molecule has 0 heterocycles. The lowest BCUT2D eigenvalue weighted by Crippen LogP contribution is -2.48. The van der Waals surface area contributed by atoms with E-state index >= 15 is 0 Å². The van der Waals surface area contributed by atoms with E-state index in [1.54, 1.807) is 13.8 Å². The van der Waals surface area contributed by atoms with Gasteiger partial charge in [-0.25, -0.2) is 4.79 Å². The molecule has 6 nitrogen and oxygen atoms in total. The van der Waals surface area contributed by atoms with E-state index in [-0.39, 0.29) is 25.6 Å². The summed E-state index contributed by atoms with van der Waals surface area (Å²) in [4.78, 5) is 25.3. The number of carboxylic acid groups (broad SMARTS) is 1. The minimum Gasteiger partial charge on any atom is -0.480 e. The first-order chi connectivity index (χ1) is 8.43. The quantitative estimate of drug-likeness (QED) is 0.706. The number of amides is 2. The lowest BCUT2D eigenvalue weighted by molar-refractivity contribution is -0.137. The van der Waals surface area contributed by atoms with Gasteiger partial charge in [-0.1, -0.05) is 5.92 Å². The molecule has 98 valence electrons. The van der Waals surface area contributed by atoms with Crippen LogP contribution in [-0.2, 0) is 4.79 Å². The van der Waals surface area contributed by atoms with Crippen LogP contribution in [0.1, 0.15) is 20.3 Å². The van der Waals surface area contributed by atoms with Gasteiger partial charge in [0, 0.05) is 12.6 Å². The van der Waals surface area contributed by atoms with Crippen molar-refractivity contribution in [2.75, 3.05) is 19.6 Å². The fraction of sp³-hybridized carbons (Fsp3) is 0.583. The van der Waals surface area contributed by atoms with E-state index in [0.29, 0.717) is 0 Å². The van der Waals surface area contributed by atoms with Crippen molar-refractivity contribution in [2.45, 2.75) is 26.3 Å². The summed E-state index contributed by atoms with van der Waals surface area (Å²) in [6, 6.07) is 1.37. The zero-order valence-electron chi connectivity index (χ0n) is 10.6. The second kappa shape index (κ2) is 7.97. The largest absolute Gasteiger partial charge is 0.480 e. The third-order valence-electron chi connectivity index (χ3n) is 2.21. The van der Waals surface area contributed by atoms with Crippen LogP contribution in [0.15, 0.2) is 0 Å². The van der Waals surface area contributed by atoms with Gasteiger partial charge in [0.2, 0.25) is 0 Å². The number of carbonyl (C=O) groups excluding carboxylic acids is 1. The van der Waals surface area contributed by atoms with Crippen LogP contribution in [0.3, 0.4) is 0 Å². The summed E-state index contributed by atoms with van der Waals surface area (Å²) in [7, 11) is 0. The van der Waals surface area contributed by atoms with Crippen molar-refractivity contribution in [3.8, 4) is 18.4 Å². The number of carboxylic acids is 1. The first-order valence-corrected chi connectivity index (χ1v) is 5.51. The lowest BCUT2D eigenvalue weighted by atomic mass is 10.3. The van der Waals surface area contributed by atoms with Gasteiger partial charge in [-0.2, -0.15) is 5.26 Å². The van der Waals surface area contributed by atoms with Crippen molar-refractivity contribution in [3.63, 3.8) is 0 Å². The maximum atomic E-state index is 12.1. The van der Waals surface area contributed by atoms with Gasteiger partial charge < -0.3 is 14.9 Å². The number of nitriles is 1. The molecule has 0 aliphatic rings. The maximum absolute atomic E-state index is 12.1. The normalized spacial score (nSPS) is 9.39. The number of urea groups is 1. The fourth-order valence-electron chi connectivity index (χ4n) is 1.39. The Morgan fingerprint density at radius 1 is 1.44 bits per heavy atom. The topological polar surface area (TPSA) is 84.6 Å². The van der Waals surface area contributed by atoms with E-state index in [0.717, 1.165) is 4.90 Å². The van der Waals surface area contributed by atoms with Gasteiger partial charge in [0.1, 0.15) is 6.54 Å². The number of aliphatic carboxylic acids is 1. The Bertz CT molecular complexity index is 379. The number of rotatable bonds is 6. The van der Waals surface area contributed by atoms with Crippen LogP contribution in [0.2, 0.25) is 0 Å². The molecule has 0 atom stereocenters. The summed E-state index contributed by atoms with van der Waals surface area (Å²) >= 11 is 0. The molecular formula is C12H17N3O3. The number of terminal acetylenes is 1. The van der Waals surface area contributed by atoms with Crippen LogP contribution < -0.4 is 0 Å². The summed E-state index contributed by atoms with van der Waals surface area (Å²) in [6.45, 7) is 3.33. The second-order valence-corrected chi connectivity index (χ2v) is 3.93. The Kier molecular flexibility index (Phi) is 6.99. The van der Waals surface area contributed by atoms with Gasteiger partial charge in [0.25, 0.3) is 0 Å². The van der Waals surface area contributed by atoms with Crippen LogP contribution in [0.25, 0.3) is 0 Å². The van der Waals surface area contributed by atoms with Gasteiger partial charge in [-0.05, 0) is 13.8 Å². The highest BCUT2D eigenvalue weighted by atomic mass is 16.4. The van der Waals surface area contributed by atoms with E-state index in [4.69, 9.17) is 16.8 Å². The fourth-order valence-corrected chi connectivity index (χ4v) is 1.39. The summed E-state index contributed by atoms with van der Waals surface area (Å²) in [5, 5.41) is 17.3. The Balaban J connectivity index is 4.83. The van der Waals surface area contributed by atoms with Crippen LogP contribution in [0.4, 0.5) is 4.79 Å². The first-order valence-electron chi connectivity index (χ1n) is 5.51. The lowest BCUT2D eigenvalue weighted by Gasteiger charge is -2.31. The van der Waals surface area contributed by atoms with Crippen molar-refractivity contribution in [2.24, 2.45) is 0 Å². The van der Waals surface area contributed by atoms with Gasteiger partial charge in [0.15, 0.2) is 0 Å². The average molecular weight is 251 g/mol. The van der Waals surface area contributed by atoms with Gasteiger partial charge in [-0.3, -0.25) is 4.79 Å². The van der Waals surface area contributed by atoms with Crippen molar-refractivity contribution in [1.82, 2.24) is 9.80 Å². The number of nitrogens with zero attached hydrogens (tertiary/aromatic N) is 3. The summed E-state index contributed by atoms with van der Waals surface area (Å²) in [5.74, 6) is 1.13. The molecule has 0 fully saturated rings. The third kappa shape index (κ3) is 5.22. The van der Waals surface area contributed by atoms with Crippen LogP contribution in [0.5, 0.6) is 0 Å². The van der Waals surface area contributed by atoms with E-state index in [1.165, 1.54) is 4.90 Å². The molecule has 0 saturated heterocycles. The standard InChI is InChI=1S/C12H17N3O3/c1-4-7-14(9-11(16)17)12(18)15(10(2)3)8-5-6-13/h1,10H,5,7-9H2,2-3H3,(H,16,17). The molecule has 0 saturated carbocycles. The maximum Gasteiger partial charge on any atom is 0.323 e. The van der Waals surface area contributed by atoms with Crippen LogP contribution in [0, 0.1) is 23.7 Å². The molecule has 0 aromatic carbocycles. The monoisotopic (exact) mass is 251 g/mol.